The van der Waals surface area contributed by atoms with Crippen LogP contribution in [0.15, 0.2) is 30.3 Å². The van der Waals surface area contributed by atoms with Crippen LogP contribution in [-0.2, 0) is 25.7 Å². The summed E-state index contributed by atoms with van der Waals surface area (Å²) in [4.78, 5) is 28.9. The highest BCUT2D eigenvalue weighted by molar-refractivity contribution is 5.81. The lowest BCUT2D eigenvalue weighted by atomic mass is 9.96. The first-order valence-electron chi connectivity index (χ1n) is 10.00. The zero-order valence-corrected chi connectivity index (χ0v) is 16.0. The molecule has 2 saturated heterocycles. The van der Waals surface area contributed by atoms with Crippen molar-refractivity contribution in [1.82, 2.24) is 9.80 Å². The van der Waals surface area contributed by atoms with Gasteiger partial charge in [-0.05, 0) is 24.8 Å². The third kappa shape index (κ3) is 6.04. The third-order valence-electron chi connectivity index (χ3n) is 5.24. The molecule has 2 heterocycles. The van der Waals surface area contributed by atoms with Crippen LogP contribution in [0.3, 0.4) is 0 Å². The van der Waals surface area contributed by atoms with Gasteiger partial charge in [-0.25, -0.2) is 0 Å². The average molecular weight is 374 g/mol. The lowest BCUT2D eigenvalue weighted by Crippen LogP contribution is -2.49. The Kier molecular flexibility index (Phi) is 7.66. The molecular formula is C21H30N2O4. The SMILES string of the molecule is O=C(CCCOCc1ccccc1)N1CCC[C@H](C(=O)N2CCOCC2)C1. The molecule has 2 aliphatic rings. The van der Waals surface area contributed by atoms with Gasteiger partial charge in [0.1, 0.15) is 0 Å². The molecule has 6 heteroatoms. The Balaban J connectivity index is 1.36. The number of carbonyl (C=O) groups excluding carboxylic acids is 2. The predicted octanol–water partition coefficient (Wildman–Crippen LogP) is 2.08. The van der Waals surface area contributed by atoms with Gasteiger partial charge in [0.05, 0.1) is 25.7 Å². The molecule has 1 aromatic carbocycles. The highest BCUT2D eigenvalue weighted by Crippen LogP contribution is 2.20. The number of amides is 2. The van der Waals surface area contributed by atoms with Crippen molar-refractivity contribution in [3.05, 3.63) is 35.9 Å². The molecule has 6 nitrogen and oxygen atoms in total. The van der Waals surface area contributed by atoms with Crippen LogP contribution in [-0.4, -0.2) is 67.6 Å². The number of likely N-dealkylation sites (tertiary alicyclic amines) is 1. The second-order valence-corrected chi connectivity index (χ2v) is 7.26. The number of benzene rings is 1. The number of piperidine rings is 1. The summed E-state index contributed by atoms with van der Waals surface area (Å²) in [6.07, 6.45) is 2.97. The zero-order chi connectivity index (χ0) is 18.9. The highest BCUT2D eigenvalue weighted by Gasteiger charge is 2.31. The molecule has 0 aromatic heterocycles. The van der Waals surface area contributed by atoms with E-state index >= 15 is 0 Å². The smallest absolute Gasteiger partial charge is 0.227 e. The molecule has 0 saturated carbocycles. The normalized spacial score (nSPS) is 20.5. The lowest BCUT2D eigenvalue weighted by molar-refractivity contribution is -0.144. The number of nitrogens with zero attached hydrogens (tertiary/aromatic N) is 2. The first kappa shape index (κ1) is 19.8. The summed E-state index contributed by atoms with van der Waals surface area (Å²) < 4.78 is 11.0. The number of hydrogen-bond donors (Lipinski definition) is 0. The van der Waals surface area contributed by atoms with E-state index in [0.717, 1.165) is 24.9 Å². The molecule has 0 radical (unpaired) electrons. The van der Waals surface area contributed by atoms with Gasteiger partial charge in [-0.3, -0.25) is 9.59 Å². The molecule has 2 amide bonds. The Morgan fingerprint density at radius 2 is 1.85 bits per heavy atom. The van der Waals surface area contributed by atoms with E-state index in [1.165, 1.54) is 0 Å². The maximum atomic E-state index is 12.7. The van der Waals surface area contributed by atoms with E-state index in [4.69, 9.17) is 9.47 Å². The van der Waals surface area contributed by atoms with E-state index in [-0.39, 0.29) is 17.7 Å². The van der Waals surface area contributed by atoms with E-state index in [9.17, 15) is 9.59 Å². The van der Waals surface area contributed by atoms with Gasteiger partial charge in [0, 0.05) is 39.2 Å². The molecule has 0 unspecified atom stereocenters. The van der Waals surface area contributed by atoms with E-state index in [0.29, 0.717) is 58.9 Å². The Labute approximate surface area is 161 Å². The highest BCUT2D eigenvalue weighted by atomic mass is 16.5. The van der Waals surface area contributed by atoms with E-state index in [1.807, 2.05) is 40.1 Å². The van der Waals surface area contributed by atoms with Gasteiger partial charge in [0.25, 0.3) is 0 Å². The maximum absolute atomic E-state index is 12.7. The second kappa shape index (κ2) is 10.4. The molecule has 1 aromatic rings. The Bertz CT molecular complexity index is 601. The molecule has 27 heavy (non-hydrogen) atoms. The van der Waals surface area contributed by atoms with Gasteiger partial charge in [-0.15, -0.1) is 0 Å². The number of carbonyl (C=O) groups is 2. The summed E-state index contributed by atoms with van der Waals surface area (Å²) in [6.45, 7) is 5.04. The second-order valence-electron chi connectivity index (χ2n) is 7.26. The van der Waals surface area contributed by atoms with Crippen molar-refractivity contribution in [2.75, 3.05) is 46.0 Å². The Hall–Kier alpha value is -1.92. The van der Waals surface area contributed by atoms with Gasteiger partial charge in [-0.1, -0.05) is 30.3 Å². The van der Waals surface area contributed by atoms with E-state index in [1.54, 1.807) is 0 Å². The fraction of sp³-hybridized carbons (Fsp3) is 0.619. The molecule has 1 atom stereocenters. The first-order chi connectivity index (χ1) is 13.2. The minimum absolute atomic E-state index is 0.0601. The third-order valence-corrected chi connectivity index (χ3v) is 5.24. The van der Waals surface area contributed by atoms with Crippen LogP contribution in [0.5, 0.6) is 0 Å². The van der Waals surface area contributed by atoms with Gasteiger partial charge in [0.2, 0.25) is 11.8 Å². The number of hydrogen-bond acceptors (Lipinski definition) is 4. The monoisotopic (exact) mass is 374 g/mol. The molecular weight excluding hydrogens is 344 g/mol. The van der Waals surface area contributed by atoms with Crippen LogP contribution in [0.25, 0.3) is 0 Å². The summed E-state index contributed by atoms with van der Waals surface area (Å²) in [5, 5.41) is 0. The van der Waals surface area contributed by atoms with Crippen molar-refractivity contribution in [2.45, 2.75) is 32.3 Å². The van der Waals surface area contributed by atoms with E-state index in [2.05, 4.69) is 0 Å². The molecule has 3 rings (SSSR count). The van der Waals surface area contributed by atoms with E-state index < -0.39 is 0 Å². The molecule has 0 spiro atoms. The van der Waals surface area contributed by atoms with Crippen molar-refractivity contribution in [2.24, 2.45) is 5.92 Å². The Morgan fingerprint density at radius 1 is 1.07 bits per heavy atom. The molecule has 0 aliphatic carbocycles. The Morgan fingerprint density at radius 3 is 2.63 bits per heavy atom. The van der Waals surface area contributed by atoms with Crippen LogP contribution in [0.2, 0.25) is 0 Å². The van der Waals surface area contributed by atoms with Gasteiger partial charge in [-0.2, -0.15) is 0 Å². The van der Waals surface area contributed by atoms with Crippen molar-refractivity contribution in [1.29, 1.82) is 0 Å². The minimum atomic E-state index is -0.0601. The van der Waals surface area contributed by atoms with Crippen LogP contribution in [0, 0.1) is 5.92 Å². The van der Waals surface area contributed by atoms with Crippen molar-refractivity contribution in [3.63, 3.8) is 0 Å². The maximum Gasteiger partial charge on any atom is 0.227 e. The summed E-state index contributed by atoms with van der Waals surface area (Å²) >= 11 is 0. The molecule has 148 valence electrons. The largest absolute Gasteiger partial charge is 0.378 e. The van der Waals surface area contributed by atoms with Gasteiger partial charge in [0.15, 0.2) is 0 Å². The molecule has 0 N–H and O–H groups in total. The summed E-state index contributed by atoms with van der Waals surface area (Å²) in [5.41, 5.74) is 1.14. The number of morpholine rings is 1. The van der Waals surface area contributed by atoms with Crippen molar-refractivity contribution >= 4 is 11.8 Å². The molecule has 0 bridgehead atoms. The number of ether oxygens (including phenoxy) is 2. The van der Waals surface area contributed by atoms with Crippen LogP contribution in [0.1, 0.15) is 31.2 Å². The summed E-state index contributed by atoms with van der Waals surface area (Å²) in [6, 6.07) is 10.0. The average Bonchev–Trinajstić information content (AvgIpc) is 2.74. The minimum Gasteiger partial charge on any atom is -0.378 e. The van der Waals surface area contributed by atoms with Gasteiger partial charge < -0.3 is 19.3 Å². The first-order valence-corrected chi connectivity index (χ1v) is 10.00. The quantitative estimate of drug-likeness (QED) is 0.686. The summed E-state index contributed by atoms with van der Waals surface area (Å²) in [7, 11) is 0. The van der Waals surface area contributed by atoms with Crippen molar-refractivity contribution in [3.8, 4) is 0 Å². The molecule has 2 fully saturated rings. The van der Waals surface area contributed by atoms with Crippen LogP contribution < -0.4 is 0 Å². The molecule has 2 aliphatic heterocycles. The van der Waals surface area contributed by atoms with Crippen LogP contribution >= 0.6 is 0 Å². The predicted molar refractivity (Wildman–Crippen MR) is 102 cm³/mol. The fourth-order valence-corrected chi connectivity index (χ4v) is 3.70. The fourth-order valence-electron chi connectivity index (χ4n) is 3.70. The van der Waals surface area contributed by atoms with Crippen LogP contribution in [0.4, 0.5) is 0 Å². The zero-order valence-electron chi connectivity index (χ0n) is 16.0. The lowest BCUT2D eigenvalue weighted by Gasteiger charge is -2.36. The standard InChI is InChI=1S/C21H30N2O4/c24-20(9-5-13-27-17-18-6-2-1-3-7-18)23-10-4-8-19(16-23)21(25)22-11-14-26-15-12-22/h1-3,6-7,19H,4-5,8-17H2/t19-/m0/s1. The van der Waals surface area contributed by atoms with Gasteiger partial charge >= 0.3 is 0 Å². The summed E-state index contributed by atoms with van der Waals surface area (Å²) in [5.74, 6) is 0.259. The topological polar surface area (TPSA) is 59.1 Å². The number of rotatable bonds is 7. The van der Waals surface area contributed by atoms with Crippen molar-refractivity contribution < 1.29 is 19.1 Å².